The maximum Gasteiger partial charge on any atom is 0.255 e. The fourth-order valence-electron chi connectivity index (χ4n) is 4.65. The Balaban J connectivity index is 0.000000870. The summed E-state index contributed by atoms with van der Waals surface area (Å²) in [7, 11) is 5.31. The van der Waals surface area contributed by atoms with Gasteiger partial charge in [-0.2, -0.15) is 0 Å². The van der Waals surface area contributed by atoms with Gasteiger partial charge in [-0.05, 0) is 48.0 Å². The summed E-state index contributed by atoms with van der Waals surface area (Å²) in [6.07, 6.45) is 2.96. The lowest BCUT2D eigenvalue weighted by atomic mass is 9.96. The van der Waals surface area contributed by atoms with E-state index in [1.165, 1.54) is 31.6 Å². The highest BCUT2D eigenvalue weighted by molar-refractivity contribution is 6.13. The Morgan fingerprint density at radius 2 is 1.60 bits per heavy atom. The second-order valence-electron chi connectivity index (χ2n) is 9.19. The zero-order valence-electron chi connectivity index (χ0n) is 25.4. The quantitative estimate of drug-likeness (QED) is 0.226. The molecule has 2 N–H and O–H groups in total. The number of amides is 1. The summed E-state index contributed by atoms with van der Waals surface area (Å²) in [5.74, 6) is -0.539. The lowest BCUT2D eigenvalue weighted by molar-refractivity contribution is -0.0987. The SMILES string of the molecule is C=O.C=O.CC.CNC(=O)c1c(-c2ccc(F)cc2)oc2cc(N(C)C)c(-c3ccc(F)c(-c4nc5ncncc5[nH]4)c3)cc12. The Hall–Kier alpha value is -5.78. The van der Waals surface area contributed by atoms with Gasteiger partial charge in [0.25, 0.3) is 5.91 Å². The fraction of sp³-hybridized carbons (Fsp3) is 0.152. The number of anilines is 1. The number of hydrogen-bond donors (Lipinski definition) is 2. The van der Waals surface area contributed by atoms with Crippen LogP contribution in [-0.4, -0.2) is 60.6 Å². The molecule has 0 fully saturated rings. The summed E-state index contributed by atoms with van der Waals surface area (Å²) in [5, 5.41) is 3.24. The van der Waals surface area contributed by atoms with Crippen LogP contribution in [0.2, 0.25) is 0 Å². The van der Waals surface area contributed by atoms with E-state index in [9.17, 15) is 9.18 Å². The largest absolute Gasteiger partial charge is 0.455 e. The highest BCUT2D eigenvalue weighted by atomic mass is 19.1. The van der Waals surface area contributed by atoms with E-state index in [4.69, 9.17) is 14.0 Å². The zero-order chi connectivity index (χ0) is 33.3. The van der Waals surface area contributed by atoms with E-state index in [0.29, 0.717) is 50.4 Å². The predicted molar refractivity (Wildman–Crippen MR) is 171 cm³/mol. The van der Waals surface area contributed by atoms with Crippen molar-refractivity contribution in [1.82, 2.24) is 25.3 Å². The number of carbonyl (C=O) groups is 3. The number of furan rings is 1. The second kappa shape index (κ2) is 15.1. The average Bonchev–Trinajstić information content (AvgIpc) is 3.69. The molecule has 0 atom stereocenters. The topological polar surface area (TPSA) is 134 Å². The molecule has 0 aliphatic rings. The van der Waals surface area contributed by atoms with E-state index in [-0.39, 0.29) is 11.5 Å². The number of carbonyl (C=O) groups excluding carboxylic acids is 3. The number of benzene rings is 3. The first kappa shape index (κ1) is 33.7. The molecule has 1 amide bonds. The Morgan fingerprint density at radius 3 is 2.22 bits per heavy atom. The Morgan fingerprint density at radius 1 is 0.933 bits per heavy atom. The van der Waals surface area contributed by atoms with Crippen LogP contribution in [-0.2, 0) is 9.59 Å². The monoisotopic (exact) mass is 614 g/mol. The third kappa shape index (κ3) is 6.74. The Kier molecular flexibility index (Phi) is 11.3. The summed E-state index contributed by atoms with van der Waals surface area (Å²) in [6.45, 7) is 8.00. The lowest BCUT2D eigenvalue weighted by Crippen LogP contribution is -2.18. The third-order valence-corrected chi connectivity index (χ3v) is 6.54. The van der Waals surface area contributed by atoms with Crippen molar-refractivity contribution in [3.63, 3.8) is 0 Å². The summed E-state index contributed by atoms with van der Waals surface area (Å²) in [5.41, 5.74) is 4.91. The number of nitrogens with zero attached hydrogens (tertiary/aromatic N) is 4. The predicted octanol–water partition coefficient (Wildman–Crippen LogP) is 6.46. The first-order valence-electron chi connectivity index (χ1n) is 13.6. The van der Waals surface area contributed by atoms with Crippen LogP contribution < -0.4 is 10.2 Å². The molecule has 0 aliphatic carbocycles. The van der Waals surface area contributed by atoms with Crippen LogP contribution in [0, 0.1) is 11.6 Å². The smallest absolute Gasteiger partial charge is 0.255 e. The van der Waals surface area contributed by atoms with Crippen LogP contribution in [0.5, 0.6) is 0 Å². The van der Waals surface area contributed by atoms with Gasteiger partial charge in [0.1, 0.15) is 54.2 Å². The number of rotatable bonds is 5. The molecule has 232 valence electrons. The molecule has 0 spiro atoms. The van der Waals surface area contributed by atoms with E-state index in [1.54, 1.807) is 30.5 Å². The van der Waals surface area contributed by atoms with E-state index in [2.05, 4.69) is 25.3 Å². The molecule has 3 heterocycles. The molecule has 6 rings (SSSR count). The number of aromatic amines is 1. The first-order valence-corrected chi connectivity index (χ1v) is 13.6. The second-order valence-corrected chi connectivity index (χ2v) is 9.19. The van der Waals surface area contributed by atoms with Gasteiger partial charge in [-0.15, -0.1) is 0 Å². The molecule has 0 radical (unpaired) electrons. The third-order valence-electron chi connectivity index (χ3n) is 6.54. The minimum Gasteiger partial charge on any atom is -0.455 e. The zero-order valence-corrected chi connectivity index (χ0v) is 25.4. The summed E-state index contributed by atoms with van der Waals surface area (Å²) >= 11 is 0. The molecule has 0 bridgehead atoms. The van der Waals surface area contributed by atoms with Crippen molar-refractivity contribution in [2.75, 3.05) is 26.0 Å². The van der Waals surface area contributed by atoms with Crippen LogP contribution in [0.25, 0.3) is 56.0 Å². The van der Waals surface area contributed by atoms with Gasteiger partial charge in [0.2, 0.25) is 0 Å². The minimum atomic E-state index is -0.453. The highest BCUT2D eigenvalue weighted by Crippen LogP contribution is 2.41. The summed E-state index contributed by atoms with van der Waals surface area (Å²) < 4.78 is 34.8. The van der Waals surface area contributed by atoms with Gasteiger partial charge >= 0.3 is 0 Å². The fourth-order valence-corrected chi connectivity index (χ4v) is 4.65. The number of imidazole rings is 1. The van der Waals surface area contributed by atoms with Crippen molar-refractivity contribution in [3.8, 4) is 33.8 Å². The molecular formula is C33H32F2N6O4. The van der Waals surface area contributed by atoms with Gasteiger partial charge in [0.15, 0.2) is 5.65 Å². The van der Waals surface area contributed by atoms with E-state index in [0.717, 1.165) is 11.3 Å². The minimum absolute atomic E-state index is 0.265. The first-order chi connectivity index (χ1) is 21.8. The number of nitrogens with one attached hydrogen (secondary N) is 2. The van der Waals surface area contributed by atoms with E-state index in [1.807, 2.05) is 58.6 Å². The van der Waals surface area contributed by atoms with Gasteiger partial charge < -0.3 is 29.2 Å². The van der Waals surface area contributed by atoms with Gasteiger partial charge in [-0.25, -0.2) is 23.7 Å². The molecule has 0 aliphatic heterocycles. The van der Waals surface area contributed by atoms with E-state index >= 15 is 4.39 Å². The maximum atomic E-state index is 15.0. The molecule has 3 aromatic heterocycles. The molecule has 45 heavy (non-hydrogen) atoms. The van der Waals surface area contributed by atoms with Crippen molar-refractivity contribution in [2.45, 2.75) is 13.8 Å². The summed E-state index contributed by atoms with van der Waals surface area (Å²) in [6, 6.07) is 14.2. The van der Waals surface area contributed by atoms with Crippen molar-refractivity contribution in [2.24, 2.45) is 0 Å². The van der Waals surface area contributed by atoms with Crippen molar-refractivity contribution in [1.29, 1.82) is 0 Å². The van der Waals surface area contributed by atoms with Crippen LogP contribution in [0.4, 0.5) is 14.5 Å². The highest BCUT2D eigenvalue weighted by Gasteiger charge is 2.24. The molecule has 0 saturated heterocycles. The van der Waals surface area contributed by atoms with Crippen LogP contribution >= 0.6 is 0 Å². The maximum absolute atomic E-state index is 15.0. The average molecular weight is 615 g/mol. The van der Waals surface area contributed by atoms with E-state index < -0.39 is 11.6 Å². The normalized spacial score (nSPS) is 10.1. The number of hydrogen-bond acceptors (Lipinski definition) is 8. The van der Waals surface area contributed by atoms with Crippen LogP contribution in [0.15, 0.2) is 71.5 Å². The molecule has 6 aromatic rings. The molecule has 12 heteroatoms. The molecule has 10 nitrogen and oxygen atoms in total. The number of halogens is 2. The standard InChI is InChI=1S/C29H22F2N6O2.C2H6.2CH2O/c1-32-29(38)25-20-11-18(23(37(2)3)12-24(20)39-26(25)15-4-7-17(30)8-5-15)16-6-9-21(31)19(10-16)27-35-22-13-33-14-34-28(22)36-27;3*1-2/h4-14H,1-3H3,(H,32,38)(H,33,34,35,36);1-2H3;2*1H2. The number of aromatic nitrogens is 4. The Bertz CT molecular complexity index is 1880. The number of H-pyrrole nitrogens is 1. The molecular weight excluding hydrogens is 582 g/mol. The van der Waals surface area contributed by atoms with Crippen LogP contribution in [0.1, 0.15) is 24.2 Å². The molecule has 0 unspecified atom stereocenters. The van der Waals surface area contributed by atoms with Crippen molar-refractivity contribution in [3.05, 3.63) is 84.3 Å². The van der Waals surface area contributed by atoms with Crippen molar-refractivity contribution < 1.29 is 27.6 Å². The van der Waals surface area contributed by atoms with Crippen molar-refractivity contribution >= 4 is 47.3 Å². The van der Waals surface area contributed by atoms with Gasteiger partial charge in [0.05, 0.1) is 17.3 Å². The van der Waals surface area contributed by atoms with Gasteiger partial charge in [-0.3, -0.25) is 4.79 Å². The molecule has 3 aromatic carbocycles. The summed E-state index contributed by atoms with van der Waals surface area (Å²) in [4.78, 5) is 46.6. The molecule has 0 saturated carbocycles. The lowest BCUT2D eigenvalue weighted by Gasteiger charge is -2.18. The Labute approximate surface area is 258 Å². The van der Waals surface area contributed by atoms with Gasteiger partial charge in [-0.1, -0.05) is 19.9 Å². The van der Waals surface area contributed by atoms with Gasteiger partial charge in [0, 0.05) is 49.4 Å². The number of fused-ring (bicyclic) bond motifs is 2. The van der Waals surface area contributed by atoms with Crippen LogP contribution in [0.3, 0.4) is 0 Å².